The summed E-state index contributed by atoms with van der Waals surface area (Å²) in [6.45, 7) is 0. The average Bonchev–Trinajstić information content (AvgIpc) is 2.38. The summed E-state index contributed by atoms with van der Waals surface area (Å²) in [7, 11) is 5.46. The van der Waals surface area contributed by atoms with Crippen LogP contribution in [0.4, 0.5) is 0 Å². The molecule has 1 aliphatic carbocycles. The third-order valence-corrected chi connectivity index (χ3v) is 3.53. The Kier molecular flexibility index (Phi) is 4.64. The van der Waals surface area contributed by atoms with Gasteiger partial charge in [-0.1, -0.05) is 32.0 Å². The first-order valence-corrected chi connectivity index (χ1v) is 5.83. The van der Waals surface area contributed by atoms with E-state index in [1.54, 1.807) is 0 Å². The fraction of sp³-hybridized carbons (Fsp3) is 0.909. The van der Waals surface area contributed by atoms with E-state index < -0.39 is 11.5 Å². The summed E-state index contributed by atoms with van der Waals surface area (Å²) >= 11 is 0. The highest BCUT2D eigenvalue weighted by molar-refractivity contribution is 6.08. The lowest BCUT2D eigenvalue weighted by atomic mass is 9.77. The second-order valence-corrected chi connectivity index (χ2v) is 4.57. The number of aliphatic carboxylic acids is 1. The SMILES string of the molecule is [B]CCC[C@H]1CCCCC[C@@]1(N)C(=O)O. The van der Waals surface area contributed by atoms with Crippen LogP contribution in [-0.4, -0.2) is 24.5 Å². The predicted molar refractivity (Wildman–Crippen MR) is 60.9 cm³/mol. The van der Waals surface area contributed by atoms with Crippen LogP contribution in [0.1, 0.15) is 44.9 Å². The van der Waals surface area contributed by atoms with Gasteiger partial charge in [-0.15, -0.1) is 0 Å². The number of carboxylic acid groups (broad SMARTS) is 1. The van der Waals surface area contributed by atoms with Crippen LogP contribution in [-0.2, 0) is 4.79 Å². The van der Waals surface area contributed by atoms with E-state index in [0.29, 0.717) is 12.7 Å². The molecule has 84 valence electrons. The van der Waals surface area contributed by atoms with Crippen molar-refractivity contribution in [3.63, 3.8) is 0 Å². The molecule has 2 radical (unpaired) electrons. The van der Waals surface area contributed by atoms with Gasteiger partial charge in [0.15, 0.2) is 0 Å². The van der Waals surface area contributed by atoms with Gasteiger partial charge in [0, 0.05) is 0 Å². The number of carbonyl (C=O) groups is 1. The lowest BCUT2D eigenvalue weighted by molar-refractivity contribution is -0.146. The standard InChI is InChI=1S/C11H20BNO2/c12-8-4-6-9-5-2-1-3-7-11(9,13)10(14)15/h9H,1-8,13H2,(H,14,15)/t9-,11+/m1/s1. The Morgan fingerprint density at radius 2 is 2.20 bits per heavy atom. The number of hydrogen-bond donors (Lipinski definition) is 2. The summed E-state index contributed by atoms with van der Waals surface area (Å²) in [5.41, 5.74) is 5.04. The molecule has 0 heterocycles. The Bertz CT molecular complexity index is 223. The molecule has 4 heteroatoms. The molecule has 0 spiro atoms. The van der Waals surface area contributed by atoms with Gasteiger partial charge in [-0.05, 0) is 25.2 Å². The second-order valence-electron chi connectivity index (χ2n) is 4.57. The van der Waals surface area contributed by atoms with Gasteiger partial charge in [0.2, 0.25) is 0 Å². The molecular formula is C11H20BNO2. The Morgan fingerprint density at radius 3 is 2.80 bits per heavy atom. The highest BCUT2D eigenvalue weighted by atomic mass is 16.4. The molecule has 0 amide bonds. The molecule has 0 unspecified atom stereocenters. The maximum absolute atomic E-state index is 11.2. The smallest absolute Gasteiger partial charge is 0.323 e. The van der Waals surface area contributed by atoms with E-state index in [4.69, 9.17) is 13.6 Å². The van der Waals surface area contributed by atoms with Crippen LogP contribution >= 0.6 is 0 Å². The largest absolute Gasteiger partial charge is 0.480 e. The topological polar surface area (TPSA) is 63.3 Å². The average molecular weight is 209 g/mol. The molecule has 15 heavy (non-hydrogen) atoms. The molecule has 2 atom stereocenters. The molecule has 0 saturated heterocycles. The molecule has 1 aliphatic rings. The van der Waals surface area contributed by atoms with Crippen molar-refractivity contribution < 1.29 is 9.90 Å². The third kappa shape index (κ3) is 2.97. The lowest BCUT2D eigenvalue weighted by Gasteiger charge is -2.32. The van der Waals surface area contributed by atoms with Crippen LogP contribution in [0.5, 0.6) is 0 Å². The minimum absolute atomic E-state index is 0.0982. The molecule has 3 nitrogen and oxygen atoms in total. The molecule has 0 aromatic rings. The molecule has 0 aromatic carbocycles. The Labute approximate surface area is 92.8 Å². The van der Waals surface area contributed by atoms with Gasteiger partial charge in [0.1, 0.15) is 5.54 Å². The molecule has 1 fully saturated rings. The lowest BCUT2D eigenvalue weighted by Crippen LogP contribution is -2.53. The van der Waals surface area contributed by atoms with Crippen LogP contribution in [0.2, 0.25) is 6.32 Å². The fourth-order valence-electron chi connectivity index (χ4n) is 2.49. The van der Waals surface area contributed by atoms with Crippen molar-refractivity contribution in [3.8, 4) is 0 Å². The molecule has 1 saturated carbocycles. The second kappa shape index (κ2) is 5.54. The van der Waals surface area contributed by atoms with E-state index in [1.807, 2.05) is 0 Å². The van der Waals surface area contributed by atoms with Gasteiger partial charge in [0.05, 0.1) is 7.85 Å². The van der Waals surface area contributed by atoms with Gasteiger partial charge in [-0.3, -0.25) is 4.79 Å². The number of carboxylic acids is 1. The monoisotopic (exact) mass is 209 g/mol. The van der Waals surface area contributed by atoms with Crippen molar-refractivity contribution in [2.24, 2.45) is 11.7 Å². The molecular weight excluding hydrogens is 189 g/mol. The maximum Gasteiger partial charge on any atom is 0.323 e. The number of hydrogen-bond acceptors (Lipinski definition) is 2. The molecule has 3 N–H and O–H groups in total. The summed E-state index contributed by atoms with van der Waals surface area (Å²) in [6, 6.07) is 0. The third-order valence-electron chi connectivity index (χ3n) is 3.53. The summed E-state index contributed by atoms with van der Waals surface area (Å²) in [5, 5.41) is 9.24. The van der Waals surface area contributed by atoms with E-state index in [9.17, 15) is 9.90 Å². The first-order valence-electron chi connectivity index (χ1n) is 5.83. The Balaban J connectivity index is 2.71. The molecule has 0 aliphatic heterocycles. The van der Waals surface area contributed by atoms with E-state index in [-0.39, 0.29) is 5.92 Å². The van der Waals surface area contributed by atoms with Crippen molar-refractivity contribution in [1.82, 2.24) is 0 Å². The quantitative estimate of drug-likeness (QED) is 0.547. The minimum Gasteiger partial charge on any atom is -0.480 e. The van der Waals surface area contributed by atoms with E-state index >= 15 is 0 Å². The summed E-state index contributed by atoms with van der Waals surface area (Å²) in [4.78, 5) is 11.2. The zero-order valence-corrected chi connectivity index (χ0v) is 9.24. The molecule has 1 rings (SSSR count). The van der Waals surface area contributed by atoms with Crippen LogP contribution in [0.3, 0.4) is 0 Å². The van der Waals surface area contributed by atoms with Crippen LogP contribution in [0, 0.1) is 5.92 Å². The van der Waals surface area contributed by atoms with Crippen molar-refractivity contribution in [3.05, 3.63) is 0 Å². The van der Waals surface area contributed by atoms with Crippen LogP contribution in [0.15, 0.2) is 0 Å². The van der Waals surface area contributed by atoms with E-state index in [1.165, 1.54) is 0 Å². The van der Waals surface area contributed by atoms with Gasteiger partial charge in [0.25, 0.3) is 0 Å². The summed E-state index contributed by atoms with van der Waals surface area (Å²) in [6.07, 6.45) is 7.01. The van der Waals surface area contributed by atoms with Crippen molar-refractivity contribution in [2.75, 3.05) is 0 Å². The highest BCUT2D eigenvalue weighted by Gasteiger charge is 2.41. The number of rotatable bonds is 4. The van der Waals surface area contributed by atoms with Gasteiger partial charge < -0.3 is 10.8 Å². The Hall–Kier alpha value is -0.505. The zero-order valence-electron chi connectivity index (χ0n) is 9.24. The van der Waals surface area contributed by atoms with Gasteiger partial charge in [-0.25, -0.2) is 0 Å². The summed E-state index contributed by atoms with van der Waals surface area (Å²) < 4.78 is 0. The van der Waals surface area contributed by atoms with Crippen molar-refractivity contribution in [2.45, 2.75) is 56.8 Å². The summed E-state index contributed by atoms with van der Waals surface area (Å²) in [5.74, 6) is -0.743. The van der Waals surface area contributed by atoms with Crippen LogP contribution in [0.25, 0.3) is 0 Å². The normalized spacial score (nSPS) is 32.2. The van der Waals surface area contributed by atoms with Crippen LogP contribution < -0.4 is 5.73 Å². The van der Waals surface area contributed by atoms with E-state index in [0.717, 1.165) is 38.5 Å². The molecule has 0 bridgehead atoms. The minimum atomic E-state index is -1.01. The first kappa shape index (κ1) is 12.6. The first-order chi connectivity index (χ1) is 7.11. The van der Waals surface area contributed by atoms with E-state index in [2.05, 4.69) is 0 Å². The molecule has 0 aromatic heterocycles. The zero-order chi connectivity index (χ0) is 11.3. The van der Waals surface area contributed by atoms with Crippen molar-refractivity contribution in [1.29, 1.82) is 0 Å². The number of nitrogens with two attached hydrogens (primary N) is 1. The van der Waals surface area contributed by atoms with Gasteiger partial charge >= 0.3 is 5.97 Å². The Morgan fingerprint density at radius 1 is 1.47 bits per heavy atom. The maximum atomic E-state index is 11.2. The highest BCUT2D eigenvalue weighted by Crippen LogP contribution is 2.34. The van der Waals surface area contributed by atoms with Crippen molar-refractivity contribution >= 4 is 13.8 Å². The fourth-order valence-corrected chi connectivity index (χ4v) is 2.49. The predicted octanol–water partition coefficient (Wildman–Crippen LogP) is 1.72. The van der Waals surface area contributed by atoms with Gasteiger partial charge in [-0.2, -0.15) is 0 Å².